The third-order valence-electron chi connectivity index (χ3n) is 2.63. The van der Waals surface area contributed by atoms with Crippen molar-refractivity contribution in [3.63, 3.8) is 0 Å². The second-order valence-electron chi connectivity index (χ2n) is 4.71. The lowest BCUT2D eigenvalue weighted by atomic mass is 10.1. The number of amides is 1. The zero-order chi connectivity index (χ0) is 12.8. The summed E-state index contributed by atoms with van der Waals surface area (Å²) in [5.41, 5.74) is 3.84. The second-order valence-corrected chi connectivity index (χ2v) is 4.71. The molecule has 0 spiro atoms. The van der Waals surface area contributed by atoms with Gasteiger partial charge in [-0.2, -0.15) is 0 Å². The monoisotopic (exact) mass is 234 g/mol. The Kier molecular flexibility index (Phi) is 5.16. The third kappa shape index (κ3) is 5.00. The number of benzene rings is 1. The average Bonchev–Trinajstić information content (AvgIpc) is 2.22. The van der Waals surface area contributed by atoms with E-state index >= 15 is 0 Å². The highest BCUT2D eigenvalue weighted by molar-refractivity contribution is 5.75. The number of hydrogen-bond acceptors (Lipinski definition) is 2. The fraction of sp³-hybridized carbons (Fsp3) is 0.500. The third-order valence-corrected chi connectivity index (χ3v) is 2.63. The van der Waals surface area contributed by atoms with E-state index in [0.717, 1.165) is 13.1 Å². The highest BCUT2D eigenvalue weighted by Gasteiger charge is 2.02. The molecular formula is C14H22N2O. The lowest BCUT2D eigenvalue weighted by molar-refractivity contribution is -0.128. The van der Waals surface area contributed by atoms with E-state index in [4.69, 9.17) is 0 Å². The van der Waals surface area contributed by atoms with Gasteiger partial charge in [0.2, 0.25) is 5.91 Å². The first-order chi connectivity index (χ1) is 7.99. The van der Waals surface area contributed by atoms with Gasteiger partial charge in [0, 0.05) is 33.6 Å². The Morgan fingerprint density at radius 1 is 1.18 bits per heavy atom. The lowest BCUT2D eigenvalue weighted by Gasteiger charge is -2.11. The number of nitrogens with zero attached hydrogens (tertiary/aromatic N) is 1. The minimum Gasteiger partial charge on any atom is -0.349 e. The maximum absolute atomic E-state index is 11.3. The van der Waals surface area contributed by atoms with Crippen molar-refractivity contribution in [3.05, 3.63) is 34.9 Å². The molecule has 1 aromatic rings. The standard InChI is InChI=1S/C14H22N2O/c1-11-7-12(2)9-13(8-11)10-15-6-5-14(17)16(3)4/h7-9,15H,5-6,10H2,1-4H3. The molecule has 1 amide bonds. The summed E-state index contributed by atoms with van der Waals surface area (Å²) >= 11 is 0. The summed E-state index contributed by atoms with van der Waals surface area (Å²) in [6.45, 7) is 5.76. The van der Waals surface area contributed by atoms with Crippen LogP contribution in [-0.4, -0.2) is 31.4 Å². The Bertz CT molecular complexity index is 366. The van der Waals surface area contributed by atoms with E-state index in [9.17, 15) is 4.79 Å². The van der Waals surface area contributed by atoms with Gasteiger partial charge in [-0.25, -0.2) is 0 Å². The maximum atomic E-state index is 11.3. The lowest BCUT2D eigenvalue weighted by Crippen LogP contribution is -2.26. The Hall–Kier alpha value is -1.35. The molecule has 1 rings (SSSR count). The van der Waals surface area contributed by atoms with Crippen LogP contribution in [0.15, 0.2) is 18.2 Å². The van der Waals surface area contributed by atoms with Crippen LogP contribution in [0.4, 0.5) is 0 Å². The predicted molar refractivity (Wildman–Crippen MR) is 70.9 cm³/mol. The molecule has 0 heterocycles. The Morgan fingerprint density at radius 2 is 1.76 bits per heavy atom. The van der Waals surface area contributed by atoms with Crippen LogP contribution in [0.5, 0.6) is 0 Å². The molecule has 0 aliphatic rings. The summed E-state index contributed by atoms with van der Waals surface area (Å²) in [6.07, 6.45) is 0.553. The normalized spacial score (nSPS) is 10.4. The summed E-state index contributed by atoms with van der Waals surface area (Å²) in [4.78, 5) is 13.0. The van der Waals surface area contributed by atoms with Crippen LogP contribution in [0.2, 0.25) is 0 Å². The first-order valence-electron chi connectivity index (χ1n) is 5.97. The van der Waals surface area contributed by atoms with E-state index in [-0.39, 0.29) is 5.91 Å². The zero-order valence-electron chi connectivity index (χ0n) is 11.2. The van der Waals surface area contributed by atoms with Crippen LogP contribution in [0, 0.1) is 13.8 Å². The molecule has 0 fully saturated rings. The Balaban J connectivity index is 2.33. The molecule has 0 aliphatic carbocycles. The topological polar surface area (TPSA) is 32.3 Å². The molecule has 0 aliphatic heterocycles. The summed E-state index contributed by atoms with van der Waals surface area (Å²) in [5, 5.41) is 3.29. The van der Waals surface area contributed by atoms with Gasteiger partial charge in [0.1, 0.15) is 0 Å². The van der Waals surface area contributed by atoms with Crippen LogP contribution in [0.3, 0.4) is 0 Å². The van der Waals surface area contributed by atoms with Crippen molar-refractivity contribution in [2.75, 3.05) is 20.6 Å². The average molecular weight is 234 g/mol. The van der Waals surface area contributed by atoms with Crippen LogP contribution in [-0.2, 0) is 11.3 Å². The molecule has 1 N–H and O–H groups in total. The number of aryl methyl sites for hydroxylation is 2. The van der Waals surface area contributed by atoms with Gasteiger partial charge in [-0.15, -0.1) is 0 Å². The van der Waals surface area contributed by atoms with Crippen LogP contribution >= 0.6 is 0 Å². The number of rotatable bonds is 5. The largest absolute Gasteiger partial charge is 0.349 e. The Labute approximate surface area is 104 Å². The molecule has 0 aromatic heterocycles. The van der Waals surface area contributed by atoms with Crippen LogP contribution < -0.4 is 5.32 Å². The molecule has 0 bridgehead atoms. The van der Waals surface area contributed by atoms with Crippen molar-refractivity contribution in [2.45, 2.75) is 26.8 Å². The van der Waals surface area contributed by atoms with E-state index in [0.29, 0.717) is 6.42 Å². The van der Waals surface area contributed by atoms with Gasteiger partial charge < -0.3 is 10.2 Å². The first kappa shape index (κ1) is 13.7. The number of carbonyl (C=O) groups is 1. The summed E-state index contributed by atoms with van der Waals surface area (Å²) in [5.74, 6) is 0.165. The molecule has 0 saturated heterocycles. The van der Waals surface area contributed by atoms with Gasteiger partial charge in [-0.1, -0.05) is 29.3 Å². The Morgan fingerprint density at radius 3 is 2.29 bits per heavy atom. The molecule has 1 aromatic carbocycles. The van der Waals surface area contributed by atoms with Crippen molar-refractivity contribution in [1.82, 2.24) is 10.2 Å². The first-order valence-corrected chi connectivity index (χ1v) is 5.97. The van der Waals surface area contributed by atoms with Gasteiger partial charge in [0.15, 0.2) is 0 Å². The van der Waals surface area contributed by atoms with Gasteiger partial charge in [-0.3, -0.25) is 4.79 Å². The second kappa shape index (κ2) is 6.40. The molecule has 17 heavy (non-hydrogen) atoms. The number of nitrogens with one attached hydrogen (secondary N) is 1. The van der Waals surface area contributed by atoms with Crippen molar-refractivity contribution < 1.29 is 4.79 Å². The highest BCUT2D eigenvalue weighted by Crippen LogP contribution is 2.08. The summed E-state index contributed by atoms with van der Waals surface area (Å²) in [7, 11) is 3.57. The van der Waals surface area contributed by atoms with Gasteiger partial charge in [0.05, 0.1) is 0 Å². The molecule has 94 valence electrons. The molecule has 0 radical (unpaired) electrons. The quantitative estimate of drug-likeness (QED) is 0.789. The summed E-state index contributed by atoms with van der Waals surface area (Å²) in [6, 6.07) is 6.51. The molecule has 3 heteroatoms. The van der Waals surface area contributed by atoms with E-state index < -0.39 is 0 Å². The molecule has 3 nitrogen and oxygen atoms in total. The van der Waals surface area contributed by atoms with Gasteiger partial charge in [0.25, 0.3) is 0 Å². The van der Waals surface area contributed by atoms with Gasteiger partial charge >= 0.3 is 0 Å². The number of carbonyl (C=O) groups excluding carboxylic acids is 1. The molecule has 0 saturated carbocycles. The van der Waals surface area contributed by atoms with Crippen molar-refractivity contribution in [3.8, 4) is 0 Å². The van der Waals surface area contributed by atoms with Crippen molar-refractivity contribution in [2.24, 2.45) is 0 Å². The predicted octanol–water partition coefficient (Wildman–Crippen LogP) is 1.87. The molecular weight excluding hydrogens is 212 g/mol. The fourth-order valence-corrected chi connectivity index (χ4v) is 1.82. The minimum absolute atomic E-state index is 0.165. The van der Waals surface area contributed by atoms with E-state index in [2.05, 4.69) is 37.4 Å². The molecule has 0 atom stereocenters. The van der Waals surface area contributed by atoms with Crippen LogP contribution in [0.1, 0.15) is 23.1 Å². The van der Waals surface area contributed by atoms with Crippen molar-refractivity contribution in [1.29, 1.82) is 0 Å². The smallest absolute Gasteiger partial charge is 0.223 e. The maximum Gasteiger partial charge on any atom is 0.223 e. The van der Waals surface area contributed by atoms with E-state index in [1.54, 1.807) is 19.0 Å². The van der Waals surface area contributed by atoms with Crippen molar-refractivity contribution >= 4 is 5.91 Å². The van der Waals surface area contributed by atoms with Gasteiger partial charge in [-0.05, 0) is 19.4 Å². The minimum atomic E-state index is 0.165. The van der Waals surface area contributed by atoms with Crippen LogP contribution in [0.25, 0.3) is 0 Å². The number of hydrogen-bond donors (Lipinski definition) is 1. The highest BCUT2D eigenvalue weighted by atomic mass is 16.2. The SMILES string of the molecule is Cc1cc(C)cc(CNCCC(=O)N(C)C)c1. The fourth-order valence-electron chi connectivity index (χ4n) is 1.82. The summed E-state index contributed by atoms with van der Waals surface area (Å²) < 4.78 is 0. The zero-order valence-corrected chi connectivity index (χ0v) is 11.2. The van der Waals surface area contributed by atoms with E-state index in [1.807, 2.05) is 0 Å². The van der Waals surface area contributed by atoms with E-state index in [1.165, 1.54) is 16.7 Å². The molecule has 0 unspecified atom stereocenters.